The Bertz CT molecular complexity index is 3340. The highest BCUT2D eigenvalue weighted by molar-refractivity contribution is 6.46. The Morgan fingerprint density at radius 3 is 1.08 bits per heavy atom. The van der Waals surface area contributed by atoms with Crippen molar-refractivity contribution in [2.45, 2.75) is 221 Å². The summed E-state index contributed by atoms with van der Waals surface area (Å²) in [6.45, 7) is 36.0. The molecule has 0 saturated carbocycles. The molecule has 5 aliphatic heterocycles. The van der Waals surface area contributed by atoms with Crippen molar-refractivity contribution in [1.29, 1.82) is 10.5 Å². The lowest BCUT2D eigenvalue weighted by Gasteiger charge is -2.53. The number of rotatable bonds is 19. The van der Waals surface area contributed by atoms with Crippen molar-refractivity contribution in [3.63, 3.8) is 0 Å². The van der Waals surface area contributed by atoms with E-state index in [9.17, 15) is 83.3 Å². The minimum absolute atomic E-state index is 0. The number of piperidine rings is 1. The van der Waals surface area contributed by atoms with Gasteiger partial charge in [-0.05, 0) is 171 Å². The van der Waals surface area contributed by atoms with Gasteiger partial charge in [-0.2, -0.15) is 63.2 Å². The van der Waals surface area contributed by atoms with Crippen LogP contribution in [-0.4, -0.2) is 213 Å². The van der Waals surface area contributed by atoms with Gasteiger partial charge in [0.1, 0.15) is 11.6 Å². The number of alkyl halides is 12. The molecule has 596 valence electrons. The van der Waals surface area contributed by atoms with Crippen LogP contribution in [0.4, 0.5) is 52.7 Å². The summed E-state index contributed by atoms with van der Waals surface area (Å²) in [5.74, 6) is 0. The van der Waals surface area contributed by atoms with Crippen LogP contribution in [-0.2, 0) is 30.2 Å². The molecular weight excluding hydrogens is 1400 g/mol. The molecule has 5 fully saturated rings. The maximum atomic E-state index is 13.0. The predicted octanol–water partition coefficient (Wildman–Crippen LogP) is 15.6. The van der Waals surface area contributed by atoms with Crippen LogP contribution in [0.3, 0.4) is 0 Å². The summed E-state index contributed by atoms with van der Waals surface area (Å²) in [5.41, 5.74) is -0.606. The minimum Gasteiger partial charge on any atom is -0.437 e. The summed E-state index contributed by atoms with van der Waals surface area (Å²) in [5, 5.41) is 58.5. The quantitative estimate of drug-likeness (QED) is 0.0399. The zero-order chi connectivity index (χ0) is 77.5. The molecule has 4 aromatic carbocycles. The summed E-state index contributed by atoms with van der Waals surface area (Å²) >= 11 is 0. The van der Waals surface area contributed by atoms with Crippen LogP contribution in [0.2, 0.25) is 27.3 Å². The molecule has 31 heteroatoms. The van der Waals surface area contributed by atoms with Gasteiger partial charge in [0.2, 0.25) is 0 Å². The zero-order valence-electron chi connectivity index (χ0n) is 62.0. The van der Waals surface area contributed by atoms with Crippen molar-refractivity contribution in [3.8, 4) is 12.1 Å². The van der Waals surface area contributed by atoms with Crippen LogP contribution < -0.4 is 0 Å². The molecule has 4 N–H and O–H groups in total. The third-order valence-corrected chi connectivity index (χ3v) is 21.5. The summed E-state index contributed by atoms with van der Waals surface area (Å²) < 4.78 is 154. The van der Waals surface area contributed by atoms with E-state index in [0.717, 1.165) is 126 Å². The highest BCUT2D eigenvalue weighted by atomic mass is 19.4. The Hall–Kier alpha value is -5.50. The second-order valence-corrected chi connectivity index (χ2v) is 28.8. The summed E-state index contributed by atoms with van der Waals surface area (Å²) in [6, 6.07) is 25.6. The summed E-state index contributed by atoms with van der Waals surface area (Å²) in [6.07, 6.45) is -9.57. The molecule has 15 nitrogen and oxygen atoms in total. The maximum absolute atomic E-state index is 13.0. The second-order valence-electron chi connectivity index (χ2n) is 28.8. The Morgan fingerprint density at radius 1 is 0.458 bits per heavy atom. The number of nitrogens with zero attached hydrogens (tertiary/aromatic N) is 11. The van der Waals surface area contributed by atoms with E-state index < -0.39 is 79.7 Å². The Morgan fingerprint density at radius 2 is 0.776 bits per heavy atom. The molecule has 0 bridgehead atoms. The van der Waals surface area contributed by atoms with Crippen LogP contribution in [0.5, 0.6) is 0 Å². The predicted molar refractivity (Wildman–Crippen MR) is 407 cm³/mol. The standard InChI is InChI=1S/C23H37BF3N3O.C18H23BF3N3O.C17H26BF3N2O.C15H19BF3N3O.3CH4/c1-5-6-21(19-7-9-20(10-8-19)23(25,26)27)30-16-15-28(17-18(30)2)22(3)11-13-29(14-12-22)24(4)31;1-4-9-17(13-23,15-5-7-16(8-6-15)18(20,21)22)25-11-10-24(19(3)26)12-14(25)2;1-4-5-16(14-6-8-15(9-7-14)17(19,20)21)23-11-10-22(18(3)24)12-13(23)2;1-11-10-21(16(2)23)7-8-22(11)14(9-20)12-3-5-13(6-4-12)15(17,18)19;;;/h7-10,18,21,31H,5-6,11-17H2,1-4H3;4-8,14,26H,1,9-12H2,2-3H3;6-9,13,16,24H,4-5,10-12H2,1-3H3;3-6,11,14,23H,7-8,10H2,1-2H3;3*1H4/t18-,21-;14-,17?;13-,16?;11-,14?;;;/m0000.../s1. The van der Waals surface area contributed by atoms with E-state index in [4.69, 9.17) is 0 Å². The lowest BCUT2D eigenvalue weighted by atomic mass is 9.78. The van der Waals surface area contributed by atoms with E-state index in [-0.39, 0.29) is 65.1 Å². The normalized spacial score (nSPS) is 22.0. The first kappa shape index (κ1) is 95.7. The summed E-state index contributed by atoms with van der Waals surface area (Å²) in [7, 11) is -1.99. The van der Waals surface area contributed by atoms with E-state index in [1.807, 2.05) is 44.9 Å². The highest BCUT2D eigenvalue weighted by Gasteiger charge is 2.46. The molecule has 8 atom stereocenters. The first-order valence-corrected chi connectivity index (χ1v) is 36.3. The number of hydrogen-bond donors (Lipinski definition) is 4. The van der Waals surface area contributed by atoms with Crippen LogP contribution >= 0.6 is 0 Å². The molecule has 107 heavy (non-hydrogen) atoms. The minimum atomic E-state index is -4.41. The van der Waals surface area contributed by atoms with Crippen molar-refractivity contribution in [2.24, 2.45) is 0 Å². The van der Waals surface area contributed by atoms with Crippen molar-refractivity contribution >= 4 is 28.2 Å². The number of hydrogen-bond acceptors (Lipinski definition) is 15. The molecule has 5 saturated heterocycles. The zero-order valence-corrected chi connectivity index (χ0v) is 62.0. The second kappa shape index (κ2) is 41.7. The van der Waals surface area contributed by atoms with Gasteiger partial charge >= 0.3 is 52.9 Å². The van der Waals surface area contributed by atoms with Gasteiger partial charge in [0.15, 0.2) is 0 Å². The third kappa shape index (κ3) is 25.5. The van der Waals surface area contributed by atoms with Crippen molar-refractivity contribution in [3.05, 3.63) is 154 Å². The Balaban J connectivity index is 0.000000369. The maximum Gasteiger partial charge on any atom is 0.416 e. The number of piperazine rings is 4. The average Bonchev–Trinajstić information content (AvgIpc) is 0.776. The van der Waals surface area contributed by atoms with Crippen molar-refractivity contribution in [2.75, 3.05) is 91.6 Å². The first-order chi connectivity index (χ1) is 48.7. The smallest absolute Gasteiger partial charge is 0.416 e. The molecule has 0 aliphatic carbocycles. The molecule has 0 spiro atoms. The molecular formula is C76H117B4F12N11O4. The highest BCUT2D eigenvalue weighted by Crippen LogP contribution is 2.41. The van der Waals surface area contributed by atoms with Gasteiger partial charge in [-0.1, -0.05) is 104 Å². The number of benzene rings is 4. The fraction of sp³-hybridized carbons (Fsp3) is 0.632. The Labute approximate surface area is 631 Å². The van der Waals surface area contributed by atoms with E-state index in [1.165, 1.54) is 48.5 Å². The van der Waals surface area contributed by atoms with Gasteiger partial charge in [0.25, 0.3) is 0 Å². The lowest BCUT2D eigenvalue weighted by molar-refractivity contribution is -0.138. The molecule has 4 aromatic rings. The van der Waals surface area contributed by atoms with Crippen LogP contribution in [0.15, 0.2) is 110 Å². The van der Waals surface area contributed by atoms with Crippen molar-refractivity contribution in [1.82, 2.24) is 43.7 Å². The first-order valence-electron chi connectivity index (χ1n) is 36.3. The molecule has 5 heterocycles. The molecule has 3 unspecified atom stereocenters. The fourth-order valence-corrected chi connectivity index (χ4v) is 15.3. The molecule has 5 aliphatic rings. The van der Waals surface area contributed by atoms with Crippen LogP contribution in [0.1, 0.15) is 178 Å². The van der Waals surface area contributed by atoms with Gasteiger partial charge in [0, 0.05) is 127 Å². The molecule has 0 aromatic heterocycles. The number of nitriles is 2. The van der Waals surface area contributed by atoms with E-state index in [2.05, 4.69) is 72.8 Å². The summed E-state index contributed by atoms with van der Waals surface area (Å²) in [4.78, 5) is 19.4. The van der Waals surface area contributed by atoms with E-state index >= 15 is 0 Å². The molecule has 0 amide bonds. The number of halogens is 12. The lowest BCUT2D eigenvalue weighted by Crippen LogP contribution is -2.62. The largest absolute Gasteiger partial charge is 0.437 e. The molecule has 0 radical (unpaired) electrons. The van der Waals surface area contributed by atoms with E-state index in [0.29, 0.717) is 62.9 Å². The van der Waals surface area contributed by atoms with Crippen LogP contribution in [0, 0.1) is 22.7 Å². The monoisotopic (exact) mass is 1520 g/mol. The third-order valence-electron chi connectivity index (χ3n) is 21.5. The SMILES string of the molecule is C.C.C.C=CCC(C#N)(c1ccc(C(F)(F)F)cc1)N1CCN(B(C)O)C[C@@H]1C.CB(O)N1CCN(C(C#N)c2ccc(C(F)(F)F)cc2)[C@@H](C)C1.CCCC(c1ccc(C(F)(F)F)cc1)N1CCN(B(C)O)C[C@@H]1C.CCC[C@@H](c1ccc(C(F)(F)F)cc1)N1CCN(C2(C)CCN(B(C)O)CC2)C[C@@H]1C. The van der Waals surface area contributed by atoms with Gasteiger partial charge in [0.05, 0.1) is 34.4 Å². The molecule has 9 rings (SSSR count). The Kier molecular flexibility index (Phi) is 37.3. The average molecular weight is 1520 g/mol. The van der Waals surface area contributed by atoms with Gasteiger partial charge in [-0.15, -0.1) is 6.58 Å². The van der Waals surface area contributed by atoms with Crippen molar-refractivity contribution < 1.29 is 72.8 Å². The topological polar surface area (TPSA) is 158 Å². The van der Waals surface area contributed by atoms with Gasteiger partial charge < -0.3 is 39.3 Å². The van der Waals surface area contributed by atoms with Gasteiger partial charge in [-0.25, -0.2) is 0 Å². The van der Waals surface area contributed by atoms with Crippen LogP contribution in [0.25, 0.3) is 0 Å². The van der Waals surface area contributed by atoms with Gasteiger partial charge in [-0.3, -0.25) is 24.5 Å². The fourth-order valence-electron chi connectivity index (χ4n) is 15.3. The van der Waals surface area contributed by atoms with E-state index in [1.54, 1.807) is 50.8 Å².